The molecule has 1 nitrogen and oxygen atoms in total. The first-order valence-electron chi connectivity index (χ1n) is 4.79. The molecule has 0 bridgehead atoms. The Kier molecular flexibility index (Phi) is 3.69. The average molecular weight is 176 g/mol. The van der Waals surface area contributed by atoms with Gasteiger partial charge < -0.3 is 4.79 Å². The molecule has 13 heavy (non-hydrogen) atoms. The summed E-state index contributed by atoms with van der Waals surface area (Å²) in [5.41, 5.74) is 2.61. The second kappa shape index (κ2) is 4.80. The number of rotatable bonds is 4. The number of ketones is 1. The van der Waals surface area contributed by atoms with E-state index in [1.54, 1.807) is 6.92 Å². The van der Waals surface area contributed by atoms with Crippen molar-refractivity contribution in [2.24, 2.45) is 0 Å². The summed E-state index contributed by atoms with van der Waals surface area (Å²) in [6.07, 6.45) is 2.61. The van der Waals surface area contributed by atoms with Crippen LogP contribution in [0.5, 0.6) is 0 Å². The van der Waals surface area contributed by atoms with Crippen LogP contribution >= 0.6 is 0 Å². The number of Topliss-reactive ketones (excluding diaryl/α,β-unsaturated/α-hetero) is 1. The van der Waals surface area contributed by atoms with Gasteiger partial charge >= 0.3 is 0 Å². The molecule has 0 aliphatic heterocycles. The van der Waals surface area contributed by atoms with Crippen molar-refractivity contribution in [2.75, 3.05) is 0 Å². The second-order valence-electron chi connectivity index (χ2n) is 3.37. The van der Waals surface area contributed by atoms with Gasteiger partial charge in [-0.3, -0.25) is 0 Å². The van der Waals surface area contributed by atoms with Crippen molar-refractivity contribution in [3.05, 3.63) is 35.4 Å². The Bertz CT molecular complexity index is 272. The van der Waals surface area contributed by atoms with Gasteiger partial charge in [0.15, 0.2) is 0 Å². The first kappa shape index (κ1) is 9.97. The van der Waals surface area contributed by atoms with Crippen LogP contribution in [0.2, 0.25) is 0 Å². The third kappa shape index (κ3) is 3.41. The van der Waals surface area contributed by atoms with E-state index in [1.807, 2.05) is 0 Å². The lowest BCUT2D eigenvalue weighted by atomic mass is 10.1. The van der Waals surface area contributed by atoms with Gasteiger partial charge in [-0.05, 0) is 30.9 Å². The van der Waals surface area contributed by atoms with Crippen molar-refractivity contribution >= 4 is 5.78 Å². The fraction of sp³-hybridized carbons (Fsp3) is 0.417. The van der Waals surface area contributed by atoms with E-state index in [4.69, 9.17) is 0 Å². The molecule has 1 rings (SSSR count). The van der Waals surface area contributed by atoms with E-state index in [-0.39, 0.29) is 5.78 Å². The minimum atomic E-state index is 0.263. The molecule has 0 atom stereocenters. The monoisotopic (exact) mass is 176 g/mol. The van der Waals surface area contributed by atoms with E-state index >= 15 is 0 Å². The van der Waals surface area contributed by atoms with E-state index in [0.717, 1.165) is 12.8 Å². The Labute approximate surface area is 79.8 Å². The second-order valence-corrected chi connectivity index (χ2v) is 3.37. The molecule has 0 aliphatic carbocycles. The van der Waals surface area contributed by atoms with Crippen LogP contribution in [0.1, 0.15) is 31.4 Å². The predicted octanol–water partition coefficient (Wildman–Crippen LogP) is 2.77. The van der Waals surface area contributed by atoms with E-state index in [9.17, 15) is 4.79 Å². The van der Waals surface area contributed by atoms with E-state index < -0.39 is 0 Å². The molecular weight excluding hydrogens is 160 g/mol. The first-order valence-corrected chi connectivity index (χ1v) is 4.79. The highest BCUT2D eigenvalue weighted by atomic mass is 16.1. The summed E-state index contributed by atoms with van der Waals surface area (Å²) in [6, 6.07) is 8.49. The number of benzene rings is 1. The lowest BCUT2D eigenvalue weighted by molar-refractivity contribution is -0.116. The molecule has 70 valence electrons. The Hall–Kier alpha value is -1.11. The summed E-state index contributed by atoms with van der Waals surface area (Å²) < 4.78 is 0. The molecule has 0 saturated carbocycles. The van der Waals surface area contributed by atoms with Crippen molar-refractivity contribution in [1.82, 2.24) is 0 Å². The maximum atomic E-state index is 10.7. The van der Waals surface area contributed by atoms with Crippen LogP contribution in [0.3, 0.4) is 0 Å². The van der Waals surface area contributed by atoms with Gasteiger partial charge in [0.2, 0.25) is 0 Å². The molecule has 0 aromatic heterocycles. The lowest BCUT2D eigenvalue weighted by Gasteiger charge is -2.00. The zero-order valence-corrected chi connectivity index (χ0v) is 8.34. The Morgan fingerprint density at radius 2 is 1.69 bits per heavy atom. The number of carbonyl (C=O) groups is 1. The van der Waals surface area contributed by atoms with Crippen LogP contribution in [-0.2, 0) is 17.6 Å². The fourth-order valence-corrected chi connectivity index (χ4v) is 1.26. The van der Waals surface area contributed by atoms with Crippen molar-refractivity contribution < 1.29 is 4.79 Å². The summed E-state index contributed by atoms with van der Waals surface area (Å²) in [5.74, 6) is 0.263. The summed E-state index contributed by atoms with van der Waals surface area (Å²) >= 11 is 0. The van der Waals surface area contributed by atoms with Gasteiger partial charge in [0.25, 0.3) is 0 Å². The van der Waals surface area contributed by atoms with Gasteiger partial charge in [0.1, 0.15) is 5.78 Å². The molecule has 0 spiro atoms. The molecular formula is C12H16O. The molecule has 1 aromatic rings. The molecule has 0 aliphatic rings. The van der Waals surface area contributed by atoms with Crippen molar-refractivity contribution in [2.45, 2.75) is 33.1 Å². The molecule has 0 saturated heterocycles. The Balaban J connectivity index is 2.54. The van der Waals surface area contributed by atoms with Gasteiger partial charge in [-0.25, -0.2) is 0 Å². The Morgan fingerprint density at radius 1 is 1.15 bits per heavy atom. The minimum absolute atomic E-state index is 0.263. The number of hydrogen-bond acceptors (Lipinski definition) is 1. The summed E-state index contributed by atoms with van der Waals surface area (Å²) in [7, 11) is 0. The van der Waals surface area contributed by atoms with E-state index in [2.05, 4.69) is 31.2 Å². The smallest absolute Gasteiger partial charge is 0.130 e. The van der Waals surface area contributed by atoms with Crippen LogP contribution in [-0.4, -0.2) is 5.78 Å². The van der Waals surface area contributed by atoms with Crippen molar-refractivity contribution in [1.29, 1.82) is 0 Å². The van der Waals surface area contributed by atoms with Gasteiger partial charge in [0, 0.05) is 6.42 Å². The van der Waals surface area contributed by atoms with Crippen molar-refractivity contribution in [3.8, 4) is 0 Å². The summed E-state index contributed by atoms with van der Waals surface area (Å²) in [6.45, 7) is 3.78. The van der Waals surface area contributed by atoms with E-state index in [0.29, 0.717) is 6.42 Å². The highest BCUT2D eigenvalue weighted by Gasteiger charge is 1.96. The quantitative estimate of drug-likeness (QED) is 0.689. The molecule has 0 N–H and O–H groups in total. The van der Waals surface area contributed by atoms with Crippen LogP contribution in [0.15, 0.2) is 24.3 Å². The van der Waals surface area contributed by atoms with E-state index in [1.165, 1.54) is 11.1 Å². The van der Waals surface area contributed by atoms with Gasteiger partial charge in [0.05, 0.1) is 0 Å². The Morgan fingerprint density at radius 3 is 2.15 bits per heavy atom. The summed E-state index contributed by atoms with van der Waals surface area (Å²) in [5, 5.41) is 0. The van der Waals surface area contributed by atoms with Gasteiger partial charge in [-0.1, -0.05) is 31.2 Å². The topological polar surface area (TPSA) is 17.1 Å². The van der Waals surface area contributed by atoms with Crippen molar-refractivity contribution in [3.63, 3.8) is 0 Å². The van der Waals surface area contributed by atoms with Gasteiger partial charge in [-0.2, -0.15) is 0 Å². The molecule has 0 heterocycles. The molecule has 0 radical (unpaired) electrons. The average Bonchev–Trinajstić information content (AvgIpc) is 2.15. The van der Waals surface area contributed by atoms with Crippen LogP contribution in [0.4, 0.5) is 0 Å². The molecule has 1 aromatic carbocycles. The maximum absolute atomic E-state index is 10.7. The number of carbonyl (C=O) groups excluding carboxylic acids is 1. The fourth-order valence-electron chi connectivity index (χ4n) is 1.26. The van der Waals surface area contributed by atoms with Crippen LogP contribution < -0.4 is 0 Å². The largest absolute Gasteiger partial charge is 0.300 e. The third-order valence-corrected chi connectivity index (χ3v) is 2.20. The SMILES string of the molecule is CCc1ccc(CCC(C)=O)cc1. The first-order chi connectivity index (χ1) is 6.22. The highest BCUT2D eigenvalue weighted by molar-refractivity contribution is 5.75. The zero-order chi connectivity index (χ0) is 9.68. The van der Waals surface area contributed by atoms with Gasteiger partial charge in [-0.15, -0.1) is 0 Å². The third-order valence-electron chi connectivity index (χ3n) is 2.20. The molecule has 1 heteroatoms. The number of hydrogen-bond donors (Lipinski definition) is 0. The molecule has 0 fully saturated rings. The lowest BCUT2D eigenvalue weighted by Crippen LogP contribution is -1.93. The van der Waals surface area contributed by atoms with Crippen LogP contribution in [0.25, 0.3) is 0 Å². The summed E-state index contributed by atoms with van der Waals surface area (Å²) in [4.78, 5) is 10.7. The van der Waals surface area contributed by atoms with Crippen LogP contribution in [0, 0.1) is 0 Å². The predicted molar refractivity (Wildman–Crippen MR) is 54.8 cm³/mol. The zero-order valence-electron chi connectivity index (χ0n) is 8.34. The minimum Gasteiger partial charge on any atom is -0.300 e. The normalized spacial score (nSPS) is 10.0. The number of aryl methyl sites for hydroxylation is 2. The maximum Gasteiger partial charge on any atom is 0.130 e. The standard InChI is InChI=1S/C12H16O/c1-3-11-6-8-12(9-7-11)5-4-10(2)13/h6-9H,3-5H2,1-2H3. The molecule has 0 amide bonds. The molecule has 0 unspecified atom stereocenters. The highest BCUT2D eigenvalue weighted by Crippen LogP contribution is 2.07.